The van der Waals surface area contributed by atoms with E-state index in [1.165, 1.54) is 12.1 Å². The summed E-state index contributed by atoms with van der Waals surface area (Å²) in [6.45, 7) is 4.49. The second-order valence-electron chi connectivity index (χ2n) is 10.6. The van der Waals surface area contributed by atoms with E-state index in [0.29, 0.717) is 35.2 Å². The van der Waals surface area contributed by atoms with E-state index in [9.17, 15) is 14.0 Å². The van der Waals surface area contributed by atoms with Crippen molar-refractivity contribution in [3.8, 4) is 28.1 Å². The summed E-state index contributed by atoms with van der Waals surface area (Å²) in [6, 6.07) is 34.7. The molecule has 1 aromatic heterocycles. The first-order valence-electron chi connectivity index (χ1n) is 14.0. The van der Waals surface area contributed by atoms with Crippen LogP contribution >= 0.6 is 0 Å². The highest BCUT2D eigenvalue weighted by Gasteiger charge is 2.21. The fourth-order valence-corrected chi connectivity index (χ4v) is 4.64. The predicted molar refractivity (Wildman–Crippen MR) is 165 cm³/mol. The molecule has 0 bridgehead atoms. The van der Waals surface area contributed by atoms with Crippen LogP contribution in [0.2, 0.25) is 0 Å². The van der Waals surface area contributed by atoms with Crippen LogP contribution in [0.15, 0.2) is 115 Å². The molecule has 0 fully saturated rings. The zero-order chi connectivity index (χ0) is 29.5. The third-order valence-corrected chi connectivity index (χ3v) is 6.95. The first-order valence-corrected chi connectivity index (χ1v) is 14.0. The molecule has 6 nitrogen and oxygen atoms in total. The number of rotatable bonds is 10. The number of nitrogens with zero attached hydrogens (tertiary/aromatic N) is 3. The molecule has 0 unspecified atom stereocenters. The van der Waals surface area contributed by atoms with E-state index >= 15 is 0 Å². The Balaban J connectivity index is 1.37. The normalized spacial score (nSPS) is 11.0. The number of anilines is 1. The minimum absolute atomic E-state index is 0.124. The van der Waals surface area contributed by atoms with Gasteiger partial charge in [0.1, 0.15) is 18.2 Å². The van der Waals surface area contributed by atoms with Crippen LogP contribution in [0.4, 0.5) is 10.2 Å². The van der Waals surface area contributed by atoms with Crippen molar-refractivity contribution in [1.82, 2.24) is 14.7 Å². The number of amides is 2. The molecule has 1 N–H and O–H groups in total. The van der Waals surface area contributed by atoms with E-state index in [2.05, 4.69) is 24.3 Å². The van der Waals surface area contributed by atoms with Crippen molar-refractivity contribution in [2.75, 3.05) is 18.4 Å². The summed E-state index contributed by atoms with van der Waals surface area (Å²) in [5.41, 5.74) is 4.74. The van der Waals surface area contributed by atoms with Crippen LogP contribution in [0.5, 0.6) is 0 Å². The first-order chi connectivity index (χ1) is 20.4. The van der Waals surface area contributed by atoms with Gasteiger partial charge in [0.15, 0.2) is 0 Å². The lowest BCUT2D eigenvalue weighted by molar-refractivity contribution is -0.117. The van der Waals surface area contributed by atoms with Crippen LogP contribution in [0, 0.1) is 11.7 Å². The molecule has 0 saturated carbocycles. The molecule has 7 heteroatoms. The molecule has 0 aliphatic carbocycles. The van der Waals surface area contributed by atoms with Gasteiger partial charge >= 0.3 is 0 Å². The lowest BCUT2D eigenvalue weighted by atomic mass is 10.0. The topological polar surface area (TPSA) is 67.2 Å². The summed E-state index contributed by atoms with van der Waals surface area (Å²) < 4.78 is 15.2. The van der Waals surface area contributed by atoms with Crippen LogP contribution in [0.1, 0.15) is 30.6 Å². The van der Waals surface area contributed by atoms with E-state index < -0.39 is 0 Å². The van der Waals surface area contributed by atoms with E-state index in [1.807, 2.05) is 72.8 Å². The molecule has 0 aliphatic heterocycles. The Morgan fingerprint density at radius 3 is 2.02 bits per heavy atom. The largest absolute Gasteiger partial charge is 0.329 e. The predicted octanol–water partition coefficient (Wildman–Crippen LogP) is 7.47. The summed E-state index contributed by atoms with van der Waals surface area (Å²) in [7, 11) is 0. The smallest absolute Gasteiger partial charge is 0.254 e. The quantitative estimate of drug-likeness (QED) is 0.193. The zero-order valence-electron chi connectivity index (χ0n) is 23.7. The monoisotopic (exact) mass is 560 g/mol. The highest BCUT2D eigenvalue weighted by molar-refractivity contribution is 5.99. The molecule has 0 saturated heterocycles. The van der Waals surface area contributed by atoms with Gasteiger partial charge in [-0.1, -0.05) is 86.6 Å². The van der Waals surface area contributed by atoms with Crippen LogP contribution in [0.3, 0.4) is 0 Å². The molecule has 5 rings (SSSR count). The third kappa shape index (κ3) is 6.99. The van der Waals surface area contributed by atoms with Gasteiger partial charge in [0, 0.05) is 23.7 Å². The van der Waals surface area contributed by atoms with Gasteiger partial charge in [-0.2, -0.15) is 5.10 Å². The molecule has 1 heterocycles. The fraction of sp³-hybridized carbons (Fsp3) is 0.171. The van der Waals surface area contributed by atoms with Crippen molar-refractivity contribution >= 4 is 17.6 Å². The lowest BCUT2D eigenvalue weighted by Crippen LogP contribution is -2.39. The summed E-state index contributed by atoms with van der Waals surface area (Å²) >= 11 is 0. The van der Waals surface area contributed by atoms with Gasteiger partial charge in [-0.25, -0.2) is 9.07 Å². The average Bonchev–Trinajstić information content (AvgIpc) is 3.43. The summed E-state index contributed by atoms with van der Waals surface area (Å²) in [6.07, 6.45) is 0.757. The Morgan fingerprint density at radius 2 is 1.40 bits per heavy atom. The van der Waals surface area contributed by atoms with Gasteiger partial charge in [0.25, 0.3) is 5.91 Å². The summed E-state index contributed by atoms with van der Waals surface area (Å²) in [4.78, 5) is 28.6. The molecule has 0 atom stereocenters. The molecular weight excluding hydrogens is 527 g/mol. The second kappa shape index (κ2) is 13.1. The van der Waals surface area contributed by atoms with Gasteiger partial charge < -0.3 is 10.2 Å². The molecule has 0 radical (unpaired) electrons. The lowest BCUT2D eigenvalue weighted by Gasteiger charge is -2.23. The maximum absolute atomic E-state index is 13.6. The van der Waals surface area contributed by atoms with Crippen LogP contribution in [-0.2, 0) is 4.79 Å². The Kier molecular flexibility index (Phi) is 8.87. The Bertz CT molecular complexity index is 1630. The molecule has 4 aromatic carbocycles. The van der Waals surface area contributed by atoms with Gasteiger partial charge in [-0.3, -0.25) is 9.59 Å². The number of carbonyl (C=O) groups is 2. The standard InChI is InChI=1S/C35H33FN4O2/c1-25(2)21-22-39(35(42)29-15-13-27(14-16-29)26-9-5-3-6-10-26)24-34(41)37-33-23-32(28-11-7-4-8-12-28)38-40(33)31-19-17-30(36)18-20-31/h3-20,23,25H,21-22,24H2,1-2H3,(H,37,41). The number of hydrogen-bond donors (Lipinski definition) is 1. The van der Waals surface area contributed by atoms with Crippen LogP contribution in [0.25, 0.3) is 28.1 Å². The number of hydrogen-bond acceptors (Lipinski definition) is 3. The van der Waals surface area contributed by atoms with Crippen LogP contribution in [-0.4, -0.2) is 39.6 Å². The van der Waals surface area contributed by atoms with Gasteiger partial charge in [0.05, 0.1) is 11.4 Å². The van der Waals surface area contributed by atoms with Crippen molar-refractivity contribution in [2.45, 2.75) is 20.3 Å². The van der Waals surface area contributed by atoms with Crippen molar-refractivity contribution in [3.63, 3.8) is 0 Å². The van der Waals surface area contributed by atoms with E-state index in [0.717, 1.165) is 23.1 Å². The van der Waals surface area contributed by atoms with Crippen molar-refractivity contribution in [2.24, 2.45) is 5.92 Å². The fourth-order valence-electron chi connectivity index (χ4n) is 4.64. The number of carbonyl (C=O) groups excluding carboxylic acids is 2. The molecule has 42 heavy (non-hydrogen) atoms. The van der Waals surface area contributed by atoms with E-state index in [1.54, 1.807) is 39.9 Å². The number of nitrogens with one attached hydrogen (secondary N) is 1. The summed E-state index contributed by atoms with van der Waals surface area (Å²) in [5, 5.41) is 7.63. The molecule has 0 spiro atoms. The van der Waals surface area contributed by atoms with Crippen molar-refractivity contribution < 1.29 is 14.0 Å². The SMILES string of the molecule is CC(C)CCN(CC(=O)Nc1cc(-c2ccccc2)nn1-c1ccc(F)cc1)C(=O)c1ccc(-c2ccccc2)cc1. The zero-order valence-corrected chi connectivity index (χ0v) is 23.7. The maximum Gasteiger partial charge on any atom is 0.254 e. The summed E-state index contributed by atoms with van der Waals surface area (Å²) in [5.74, 6) is -0.139. The molecule has 212 valence electrons. The van der Waals surface area contributed by atoms with Crippen molar-refractivity contribution in [3.05, 3.63) is 127 Å². The van der Waals surface area contributed by atoms with Crippen LogP contribution < -0.4 is 5.32 Å². The van der Waals surface area contributed by atoms with E-state index in [-0.39, 0.29) is 24.2 Å². The number of benzene rings is 4. The first kappa shape index (κ1) is 28.5. The molecule has 0 aliphatic rings. The minimum Gasteiger partial charge on any atom is -0.329 e. The average molecular weight is 561 g/mol. The minimum atomic E-state index is -0.365. The van der Waals surface area contributed by atoms with Gasteiger partial charge in [-0.05, 0) is 59.9 Å². The Morgan fingerprint density at radius 1 is 0.810 bits per heavy atom. The van der Waals surface area contributed by atoms with E-state index in [4.69, 9.17) is 0 Å². The Hall–Kier alpha value is -5.04. The third-order valence-electron chi connectivity index (χ3n) is 6.95. The number of aromatic nitrogens is 2. The molecule has 5 aromatic rings. The highest BCUT2D eigenvalue weighted by Crippen LogP contribution is 2.25. The molecular formula is C35H33FN4O2. The number of halogens is 1. The maximum atomic E-state index is 13.6. The van der Waals surface area contributed by atoms with Crippen molar-refractivity contribution in [1.29, 1.82) is 0 Å². The highest BCUT2D eigenvalue weighted by atomic mass is 19.1. The Labute approximate surface area is 245 Å². The second-order valence-corrected chi connectivity index (χ2v) is 10.6. The van der Waals surface area contributed by atoms with Gasteiger partial charge in [0.2, 0.25) is 5.91 Å². The van der Waals surface area contributed by atoms with Gasteiger partial charge in [-0.15, -0.1) is 0 Å². The molecule has 2 amide bonds.